The highest BCUT2D eigenvalue weighted by Gasteiger charge is 2.11. The highest BCUT2D eigenvalue weighted by atomic mass is 16.5. The molecule has 1 amide bonds. The van der Waals surface area contributed by atoms with Gasteiger partial charge in [-0.3, -0.25) is 4.79 Å². The van der Waals surface area contributed by atoms with Gasteiger partial charge in [0.1, 0.15) is 5.75 Å². The number of anilines is 1. The van der Waals surface area contributed by atoms with Crippen LogP contribution in [0.5, 0.6) is 5.75 Å². The lowest BCUT2D eigenvalue weighted by Crippen LogP contribution is -2.12. The quantitative estimate of drug-likeness (QED) is 0.837. The van der Waals surface area contributed by atoms with Gasteiger partial charge in [-0.05, 0) is 38.1 Å². The lowest BCUT2D eigenvalue weighted by Gasteiger charge is -2.10. The van der Waals surface area contributed by atoms with Crippen molar-refractivity contribution in [2.75, 3.05) is 11.9 Å². The Morgan fingerprint density at radius 1 is 1.38 bits per heavy atom. The standard InChI is InChI=1S/C14H18N4O3/c1-10(2)21-12-5-3-11(4-6-12)15-14(20)13-9-18(7-8-19)17-16-13/h3-6,9-10,19H,7-8H2,1-2H3,(H,15,20). The summed E-state index contributed by atoms with van der Waals surface area (Å²) in [6.07, 6.45) is 1.59. The van der Waals surface area contributed by atoms with Crippen molar-refractivity contribution in [2.24, 2.45) is 0 Å². The first-order chi connectivity index (χ1) is 10.1. The van der Waals surface area contributed by atoms with Crippen LogP contribution in [0.15, 0.2) is 30.5 Å². The van der Waals surface area contributed by atoms with E-state index in [2.05, 4.69) is 15.6 Å². The number of aromatic nitrogens is 3. The van der Waals surface area contributed by atoms with Crippen LogP contribution < -0.4 is 10.1 Å². The molecule has 0 bridgehead atoms. The molecule has 21 heavy (non-hydrogen) atoms. The van der Waals surface area contributed by atoms with E-state index < -0.39 is 0 Å². The van der Waals surface area contributed by atoms with Crippen LogP contribution in [0.3, 0.4) is 0 Å². The van der Waals surface area contributed by atoms with E-state index in [1.807, 2.05) is 13.8 Å². The van der Waals surface area contributed by atoms with Crippen LogP contribution in [0.1, 0.15) is 24.3 Å². The molecule has 7 heteroatoms. The minimum Gasteiger partial charge on any atom is -0.491 e. The second-order valence-electron chi connectivity index (χ2n) is 4.74. The molecule has 0 fully saturated rings. The van der Waals surface area contributed by atoms with Crippen LogP contribution in [-0.4, -0.2) is 38.7 Å². The van der Waals surface area contributed by atoms with E-state index >= 15 is 0 Å². The van der Waals surface area contributed by atoms with Gasteiger partial charge in [-0.1, -0.05) is 5.21 Å². The number of ether oxygens (including phenoxy) is 1. The predicted molar refractivity (Wildman–Crippen MR) is 77.3 cm³/mol. The molecule has 0 spiro atoms. The molecule has 7 nitrogen and oxygen atoms in total. The minimum atomic E-state index is -0.350. The average Bonchev–Trinajstić information content (AvgIpc) is 2.89. The monoisotopic (exact) mass is 290 g/mol. The summed E-state index contributed by atoms with van der Waals surface area (Å²) in [6, 6.07) is 7.10. The number of hydrogen-bond acceptors (Lipinski definition) is 5. The van der Waals surface area contributed by atoms with Gasteiger partial charge in [0.25, 0.3) is 5.91 Å². The number of amides is 1. The second kappa shape index (κ2) is 6.85. The fraction of sp³-hybridized carbons (Fsp3) is 0.357. The Labute approximate surface area is 122 Å². The van der Waals surface area contributed by atoms with E-state index in [0.29, 0.717) is 12.2 Å². The molecule has 0 unspecified atom stereocenters. The van der Waals surface area contributed by atoms with Crippen molar-refractivity contribution < 1.29 is 14.6 Å². The molecule has 0 saturated carbocycles. The number of carbonyl (C=O) groups excluding carboxylic acids is 1. The average molecular weight is 290 g/mol. The number of aliphatic hydroxyl groups excluding tert-OH is 1. The Morgan fingerprint density at radius 3 is 2.71 bits per heavy atom. The van der Waals surface area contributed by atoms with Crippen molar-refractivity contribution in [1.29, 1.82) is 0 Å². The van der Waals surface area contributed by atoms with Gasteiger partial charge in [-0.15, -0.1) is 5.10 Å². The summed E-state index contributed by atoms with van der Waals surface area (Å²) in [7, 11) is 0. The van der Waals surface area contributed by atoms with Crippen LogP contribution in [0, 0.1) is 0 Å². The summed E-state index contributed by atoms with van der Waals surface area (Å²) in [6.45, 7) is 4.15. The van der Waals surface area contributed by atoms with Gasteiger partial charge in [-0.2, -0.15) is 0 Å². The lowest BCUT2D eigenvalue weighted by atomic mass is 10.3. The van der Waals surface area contributed by atoms with Crippen LogP contribution >= 0.6 is 0 Å². The second-order valence-corrected chi connectivity index (χ2v) is 4.74. The molecule has 2 aromatic rings. The van der Waals surface area contributed by atoms with Crippen LogP contribution in [-0.2, 0) is 6.54 Å². The normalized spacial score (nSPS) is 10.7. The van der Waals surface area contributed by atoms with E-state index in [-0.39, 0.29) is 24.3 Å². The summed E-state index contributed by atoms with van der Waals surface area (Å²) in [5.74, 6) is 0.397. The highest BCUT2D eigenvalue weighted by Crippen LogP contribution is 2.17. The summed E-state index contributed by atoms with van der Waals surface area (Å²) in [4.78, 5) is 12.0. The molecular weight excluding hydrogens is 272 g/mol. The maximum atomic E-state index is 12.0. The third-order valence-corrected chi connectivity index (χ3v) is 2.58. The Bertz CT molecular complexity index is 593. The largest absolute Gasteiger partial charge is 0.491 e. The number of benzene rings is 1. The molecule has 1 aromatic heterocycles. The van der Waals surface area contributed by atoms with Crippen LogP contribution in [0.4, 0.5) is 5.69 Å². The van der Waals surface area contributed by atoms with Crippen molar-refractivity contribution in [3.63, 3.8) is 0 Å². The molecule has 0 aliphatic heterocycles. The van der Waals surface area contributed by atoms with E-state index in [9.17, 15) is 4.79 Å². The minimum absolute atomic E-state index is 0.0538. The van der Waals surface area contributed by atoms with Gasteiger partial charge >= 0.3 is 0 Å². The zero-order chi connectivity index (χ0) is 15.2. The third-order valence-electron chi connectivity index (χ3n) is 2.58. The lowest BCUT2D eigenvalue weighted by molar-refractivity contribution is 0.102. The molecule has 0 saturated heterocycles. The van der Waals surface area contributed by atoms with E-state index in [1.54, 1.807) is 24.3 Å². The molecule has 2 N–H and O–H groups in total. The third kappa shape index (κ3) is 4.28. The Balaban J connectivity index is 1.98. The molecule has 0 aliphatic carbocycles. The molecular formula is C14H18N4O3. The first-order valence-electron chi connectivity index (χ1n) is 6.67. The number of nitrogens with one attached hydrogen (secondary N) is 1. The van der Waals surface area contributed by atoms with Crippen LogP contribution in [0.2, 0.25) is 0 Å². The Kier molecular flexibility index (Phi) is 4.89. The summed E-state index contributed by atoms with van der Waals surface area (Å²) < 4.78 is 6.94. The molecule has 2 rings (SSSR count). The number of rotatable bonds is 6. The topological polar surface area (TPSA) is 89.3 Å². The number of carbonyl (C=O) groups is 1. The van der Waals surface area contributed by atoms with Gasteiger partial charge in [0.05, 0.1) is 25.5 Å². The molecule has 0 aliphatic rings. The Morgan fingerprint density at radius 2 is 2.10 bits per heavy atom. The van der Waals surface area contributed by atoms with Crippen molar-refractivity contribution in [3.05, 3.63) is 36.2 Å². The maximum absolute atomic E-state index is 12.0. The van der Waals surface area contributed by atoms with Gasteiger partial charge in [-0.25, -0.2) is 4.68 Å². The molecule has 0 radical (unpaired) electrons. The van der Waals surface area contributed by atoms with Gasteiger partial charge < -0.3 is 15.2 Å². The molecule has 112 valence electrons. The fourth-order valence-corrected chi connectivity index (χ4v) is 1.70. The zero-order valence-electron chi connectivity index (χ0n) is 12.0. The fourth-order valence-electron chi connectivity index (χ4n) is 1.70. The Hall–Kier alpha value is -2.41. The number of aliphatic hydroxyl groups is 1. The van der Waals surface area contributed by atoms with Gasteiger partial charge in [0.15, 0.2) is 5.69 Å². The molecule has 0 atom stereocenters. The van der Waals surface area contributed by atoms with Crippen molar-refractivity contribution in [1.82, 2.24) is 15.0 Å². The van der Waals surface area contributed by atoms with Crippen molar-refractivity contribution in [2.45, 2.75) is 26.5 Å². The number of hydrogen-bond donors (Lipinski definition) is 2. The van der Waals surface area contributed by atoms with Gasteiger partial charge in [0.2, 0.25) is 0 Å². The van der Waals surface area contributed by atoms with E-state index in [0.717, 1.165) is 5.75 Å². The molecule has 1 aromatic carbocycles. The van der Waals surface area contributed by atoms with E-state index in [1.165, 1.54) is 10.9 Å². The molecule has 1 heterocycles. The van der Waals surface area contributed by atoms with Crippen LogP contribution in [0.25, 0.3) is 0 Å². The maximum Gasteiger partial charge on any atom is 0.277 e. The summed E-state index contributed by atoms with van der Waals surface area (Å²) in [5, 5.41) is 19.0. The van der Waals surface area contributed by atoms with Gasteiger partial charge in [0, 0.05) is 5.69 Å². The van der Waals surface area contributed by atoms with Crippen molar-refractivity contribution >= 4 is 11.6 Å². The zero-order valence-corrected chi connectivity index (χ0v) is 12.0. The summed E-state index contributed by atoms with van der Waals surface area (Å²) >= 11 is 0. The summed E-state index contributed by atoms with van der Waals surface area (Å²) in [5.41, 5.74) is 0.846. The first-order valence-corrected chi connectivity index (χ1v) is 6.67. The van der Waals surface area contributed by atoms with E-state index in [4.69, 9.17) is 9.84 Å². The first kappa shape index (κ1) is 15.0. The number of nitrogens with zero attached hydrogens (tertiary/aromatic N) is 3. The smallest absolute Gasteiger partial charge is 0.277 e. The van der Waals surface area contributed by atoms with Crippen molar-refractivity contribution in [3.8, 4) is 5.75 Å². The SMILES string of the molecule is CC(C)Oc1ccc(NC(=O)c2cn(CCO)nn2)cc1. The highest BCUT2D eigenvalue weighted by molar-refractivity contribution is 6.02. The predicted octanol–water partition coefficient (Wildman–Crippen LogP) is 1.31.